The van der Waals surface area contributed by atoms with Gasteiger partial charge in [-0.3, -0.25) is 9.37 Å². The number of esters is 1. The van der Waals surface area contributed by atoms with Gasteiger partial charge < -0.3 is 4.74 Å². The monoisotopic (exact) mass is 295 g/mol. The number of hydrogen-bond donors (Lipinski definition) is 0. The fourth-order valence-electron chi connectivity index (χ4n) is 1.55. The molecule has 3 nitrogen and oxygen atoms in total. The minimum Gasteiger partial charge on any atom is -0.465 e. The molecular formula is C13H17F4NO2. The van der Waals surface area contributed by atoms with Crippen LogP contribution < -0.4 is 0 Å². The summed E-state index contributed by atoms with van der Waals surface area (Å²) < 4.78 is 51.6. The average molecular weight is 295 g/mol. The lowest BCUT2D eigenvalue weighted by Gasteiger charge is -2.13. The average Bonchev–Trinajstić information content (AvgIpc) is 2.38. The maximum Gasteiger partial charge on any atom is 0.433 e. The van der Waals surface area contributed by atoms with E-state index >= 15 is 0 Å². The van der Waals surface area contributed by atoms with Crippen LogP contribution in [0.5, 0.6) is 0 Å². The molecule has 0 N–H and O–H groups in total. The number of aromatic nitrogens is 1. The summed E-state index contributed by atoms with van der Waals surface area (Å²) in [6, 6.07) is 0.909. The van der Waals surface area contributed by atoms with Crippen LogP contribution in [0.3, 0.4) is 0 Å². The number of halogens is 4. The lowest BCUT2D eigenvalue weighted by molar-refractivity contribution is -0.141. The minimum absolute atomic E-state index is 0.0826. The van der Waals surface area contributed by atoms with Crippen molar-refractivity contribution in [2.75, 3.05) is 14.3 Å². The van der Waals surface area contributed by atoms with Gasteiger partial charge in [0.2, 0.25) is 0 Å². The number of pyridine rings is 1. The summed E-state index contributed by atoms with van der Waals surface area (Å²) >= 11 is 0. The van der Waals surface area contributed by atoms with Gasteiger partial charge in [-0.15, -0.1) is 0 Å². The van der Waals surface area contributed by atoms with E-state index in [1.54, 1.807) is 0 Å². The number of nitrogens with zero attached hydrogens (tertiary/aromatic N) is 1. The molecule has 0 spiro atoms. The van der Waals surface area contributed by atoms with Gasteiger partial charge in [-0.05, 0) is 24.0 Å². The van der Waals surface area contributed by atoms with Crippen LogP contribution in [-0.2, 0) is 17.3 Å². The third-order valence-electron chi connectivity index (χ3n) is 2.31. The van der Waals surface area contributed by atoms with Crippen LogP contribution in [0.2, 0.25) is 0 Å². The Labute approximate surface area is 115 Å². The first-order chi connectivity index (χ1) is 9.25. The predicted octanol–water partition coefficient (Wildman–Crippen LogP) is 3.67. The number of ether oxygens (including phenoxy) is 1. The summed E-state index contributed by atoms with van der Waals surface area (Å²) in [7, 11) is 1.68. The molecule has 0 fully saturated rings. The molecule has 1 rings (SSSR count). The Morgan fingerprint density at radius 2 is 1.90 bits per heavy atom. The quantitative estimate of drug-likeness (QED) is 0.631. The molecule has 0 radical (unpaired) electrons. The second-order valence-corrected chi connectivity index (χ2v) is 4.31. The van der Waals surface area contributed by atoms with Crippen LogP contribution in [0, 0.1) is 5.92 Å². The molecule has 1 aromatic rings. The number of carbonyl (C=O) groups excluding carboxylic acids is 1. The molecule has 7 heteroatoms. The number of alkyl halides is 4. The Balaban J connectivity index is 0.00000172. The minimum atomic E-state index is -4.51. The van der Waals surface area contributed by atoms with Crippen molar-refractivity contribution in [2.24, 2.45) is 5.92 Å². The van der Waals surface area contributed by atoms with Crippen molar-refractivity contribution in [3.8, 4) is 0 Å². The Bertz CT molecular complexity index is 444. The summed E-state index contributed by atoms with van der Waals surface area (Å²) in [5.41, 5.74) is -0.607. The number of hydrogen-bond acceptors (Lipinski definition) is 3. The molecular weight excluding hydrogens is 278 g/mol. The van der Waals surface area contributed by atoms with Crippen LogP contribution in [-0.4, -0.2) is 25.2 Å². The standard InChI is InChI=1S/C12H14F3NO2.CH3F/c1-7(2)4-8-5-10(12(13,14)15)16-6-9(8)11(17)18-3;1-2/h5-7H,4H2,1-3H3;1H3. The Morgan fingerprint density at radius 1 is 1.35 bits per heavy atom. The van der Waals surface area contributed by atoms with Gasteiger partial charge in [0.05, 0.1) is 19.9 Å². The molecule has 0 atom stereocenters. The van der Waals surface area contributed by atoms with E-state index in [-0.39, 0.29) is 11.5 Å². The largest absolute Gasteiger partial charge is 0.465 e. The molecule has 0 unspecified atom stereocenters. The van der Waals surface area contributed by atoms with E-state index in [4.69, 9.17) is 0 Å². The number of rotatable bonds is 3. The summed E-state index contributed by atoms with van der Waals surface area (Å²) in [4.78, 5) is 14.7. The van der Waals surface area contributed by atoms with Gasteiger partial charge in [0, 0.05) is 6.20 Å². The van der Waals surface area contributed by atoms with E-state index in [9.17, 15) is 22.4 Å². The van der Waals surface area contributed by atoms with E-state index in [1.165, 1.54) is 7.11 Å². The first-order valence-corrected chi connectivity index (χ1v) is 5.78. The third-order valence-corrected chi connectivity index (χ3v) is 2.31. The van der Waals surface area contributed by atoms with Gasteiger partial charge >= 0.3 is 12.1 Å². The molecule has 0 aliphatic heterocycles. The highest BCUT2D eigenvalue weighted by Gasteiger charge is 2.33. The van der Waals surface area contributed by atoms with Crippen LogP contribution in [0.1, 0.15) is 35.5 Å². The molecule has 0 aromatic carbocycles. The molecule has 0 bridgehead atoms. The molecule has 114 valence electrons. The zero-order valence-corrected chi connectivity index (χ0v) is 11.7. The lowest BCUT2D eigenvalue weighted by atomic mass is 9.98. The van der Waals surface area contributed by atoms with E-state index in [2.05, 4.69) is 9.72 Å². The van der Waals surface area contributed by atoms with Crippen molar-refractivity contribution in [3.63, 3.8) is 0 Å². The summed E-state index contributed by atoms with van der Waals surface area (Å²) in [6.07, 6.45) is -3.23. The first-order valence-electron chi connectivity index (χ1n) is 5.78. The maximum absolute atomic E-state index is 12.5. The number of carbonyl (C=O) groups is 1. The molecule has 0 saturated heterocycles. The number of methoxy groups -OCH3 is 1. The maximum atomic E-state index is 12.5. The second-order valence-electron chi connectivity index (χ2n) is 4.31. The zero-order valence-electron chi connectivity index (χ0n) is 11.7. The van der Waals surface area contributed by atoms with Gasteiger partial charge in [-0.2, -0.15) is 13.2 Å². The van der Waals surface area contributed by atoms with Gasteiger partial charge in [-0.25, -0.2) is 4.79 Å². The van der Waals surface area contributed by atoms with Crippen molar-refractivity contribution < 1.29 is 27.1 Å². The van der Waals surface area contributed by atoms with Crippen molar-refractivity contribution in [1.29, 1.82) is 0 Å². The van der Waals surface area contributed by atoms with Crippen molar-refractivity contribution >= 4 is 5.97 Å². The van der Waals surface area contributed by atoms with Crippen molar-refractivity contribution in [1.82, 2.24) is 4.98 Å². The fraction of sp³-hybridized carbons (Fsp3) is 0.538. The van der Waals surface area contributed by atoms with Gasteiger partial charge in [0.15, 0.2) is 0 Å². The smallest absolute Gasteiger partial charge is 0.433 e. The first kappa shape index (κ1) is 18.3. The highest BCUT2D eigenvalue weighted by atomic mass is 19.4. The van der Waals surface area contributed by atoms with Crippen LogP contribution in [0.25, 0.3) is 0 Å². The van der Waals surface area contributed by atoms with E-state index in [0.717, 1.165) is 12.3 Å². The van der Waals surface area contributed by atoms with E-state index < -0.39 is 17.8 Å². The highest BCUT2D eigenvalue weighted by Crippen LogP contribution is 2.29. The SMILES string of the molecule is CF.COC(=O)c1cnc(C(F)(F)F)cc1CC(C)C. The normalized spacial score (nSPS) is 10.8. The molecule has 0 amide bonds. The Hall–Kier alpha value is -1.66. The second kappa shape index (κ2) is 7.81. The van der Waals surface area contributed by atoms with Crippen LogP contribution >= 0.6 is 0 Å². The Morgan fingerprint density at radius 3 is 2.30 bits per heavy atom. The topological polar surface area (TPSA) is 39.2 Å². The molecule has 0 saturated carbocycles. The Kier molecular flexibility index (Phi) is 7.17. The van der Waals surface area contributed by atoms with Gasteiger partial charge in [0.25, 0.3) is 0 Å². The van der Waals surface area contributed by atoms with E-state index in [0.29, 0.717) is 19.2 Å². The summed E-state index contributed by atoms with van der Waals surface area (Å²) in [5.74, 6) is -0.552. The highest BCUT2D eigenvalue weighted by molar-refractivity contribution is 5.90. The zero-order chi connectivity index (χ0) is 15.9. The summed E-state index contributed by atoms with van der Waals surface area (Å²) in [6.45, 7) is 3.71. The van der Waals surface area contributed by atoms with Crippen LogP contribution in [0.15, 0.2) is 12.3 Å². The van der Waals surface area contributed by atoms with Crippen molar-refractivity contribution in [2.45, 2.75) is 26.4 Å². The predicted molar refractivity (Wildman–Crippen MR) is 66.2 cm³/mol. The van der Waals surface area contributed by atoms with Gasteiger partial charge in [-0.1, -0.05) is 13.8 Å². The lowest BCUT2D eigenvalue weighted by Crippen LogP contribution is -2.14. The third kappa shape index (κ3) is 5.14. The fourth-order valence-corrected chi connectivity index (χ4v) is 1.55. The molecule has 0 aliphatic carbocycles. The summed E-state index contributed by atoms with van der Waals surface area (Å²) in [5, 5.41) is 0. The van der Waals surface area contributed by atoms with Crippen LogP contribution in [0.4, 0.5) is 17.6 Å². The molecule has 1 aromatic heterocycles. The van der Waals surface area contributed by atoms with E-state index in [1.807, 2.05) is 13.8 Å². The van der Waals surface area contributed by atoms with Gasteiger partial charge in [0.1, 0.15) is 5.69 Å². The van der Waals surface area contributed by atoms with Crippen molar-refractivity contribution in [3.05, 3.63) is 29.1 Å². The molecule has 20 heavy (non-hydrogen) atoms. The molecule has 0 aliphatic rings. The molecule has 1 heterocycles.